The average Bonchev–Trinajstić information content (AvgIpc) is 2.44. The number of amides is 1. The second-order valence-electron chi connectivity index (χ2n) is 4.18. The molecule has 0 aliphatic carbocycles. The molecule has 0 saturated carbocycles. The molecule has 1 aromatic rings. The number of rotatable bonds is 6. The molecule has 5 heteroatoms. The van der Waals surface area contributed by atoms with E-state index >= 15 is 0 Å². The molecule has 0 heterocycles. The number of carbonyl (C=O) groups excluding carboxylic acids is 1. The average molecular weight is 330 g/mol. The third-order valence-electron chi connectivity index (χ3n) is 3.03. The van der Waals surface area contributed by atoms with Crippen LogP contribution in [0.3, 0.4) is 0 Å². The summed E-state index contributed by atoms with van der Waals surface area (Å²) in [6.07, 6.45) is 1.82. The molecule has 0 fully saturated rings. The minimum absolute atomic E-state index is 0.113. The van der Waals surface area contributed by atoms with Gasteiger partial charge in [0.25, 0.3) is 5.91 Å². The second kappa shape index (κ2) is 7.38. The monoisotopic (exact) mass is 329 g/mol. The molecule has 1 amide bonds. The van der Waals surface area contributed by atoms with Crippen molar-refractivity contribution in [1.29, 1.82) is 0 Å². The first-order valence-corrected chi connectivity index (χ1v) is 7.08. The van der Waals surface area contributed by atoms with E-state index in [1.165, 1.54) is 0 Å². The molecule has 19 heavy (non-hydrogen) atoms. The quantitative estimate of drug-likeness (QED) is 0.870. The van der Waals surface area contributed by atoms with Gasteiger partial charge in [0.15, 0.2) is 0 Å². The highest BCUT2D eigenvalue weighted by Crippen LogP contribution is 2.35. The van der Waals surface area contributed by atoms with Crippen molar-refractivity contribution in [2.45, 2.75) is 32.7 Å². The molecule has 0 aliphatic heterocycles. The van der Waals surface area contributed by atoms with Gasteiger partial charge in [0.1, 0.15) is 16.0 Å². The maximum atomic E-state index is 12.2. The van der Waals surface area contributed by atoms with E-state index in [0.717, 1.165) is 12.8 Å². The Morgan fingerprint density at radius 2 is 1.68 bits per heavy atom. The van der Waals surface area contributed by atoms with Crippen molar-refractivity contribution in [3.63, 3.8) is 0 Å². The number of methoxy groups -OCH3 is 2. The summed E-state index contributed by atoms with van der Waals surface area (Å²) in [5.74, 6) is 1.04. The van der Waals surface area contributed by atoms with E-state index in [-0.39, 0.29) is 11.9 Å². The molecule has 0 unspecified atom stereocenters. The van der Waals surface area contributed by atoms with Crippen LogP contribution in [0.5, 0.6) is 11.5 Å². The minimum Gasteiger partial charge on any atom is -0.495 e. The Morgan fingerprint density at radius 1 is 1.21 bits per heavy atom. The summed E-state index contributed by atoms with van der Waals surface area (Å²) in [7, 11) is 3.12. The van der Waals surface area contributed by atoms with Crippen LogP contribution in [-0.4, -0.2) is 26.2 Å². The van der Waals surface area contributed by atoms with Crippen molar-refractivity contribution in [3.8, 4) is 11.5 Å². The molecule has 1 N–H and O–H groups in total. The van der Waals surface area contributed by atoms with Crippen LogP contribution >= 0.6 is 15.9 Å². The van der Waals surface area contributed by atoms with E-state index < -0.39 is 0 Å². The molecule has 1 aromatic carbocycles. The van der Waals surface area contributed by atoms with E-state index in [1.807, 2.05) is 0 Å². The number of nitrogens with one attached hydrogen (secondary N) is 1. The lowest BCUT2D eigenvalue weighted by atomic mass is 10.1. The highest BCUT2D eigenvalue weighted by molar-refractivity contribution is 9.10. The van der Waals surface area contributed by atoms with Gasteiger partial charge < -0.3 is 14.8 Å². The van der Waals surface area contributed by atoms with Gasteiger partial charge in [0.2, 0.25) is 0 Å². The van der Waals surface area contributed by atoms with E-state index in [2.05, 4.69) is 35.1 Å². The normalized spacial score (nSPS) is 10.4. The van der Waals surface area contributed by atoms with Gasteiger partial charge in [0.05, 0.1) is 14.2 Å². The molecule has 106 valence electrons. The molecule has 0 spiro atoms. The summed E-state index contributed by atoms with van der Waals surface area (Å²) >= 11 is 3.38. The molecule has 0 aliphatic rings. The molecule has 4 nitrogen and oxygen atoms in total. The van der Waals surface area contributed by atoms with Crippen LogP contribution in [0.25, 0.3) is 0 Å². The Labute approximate surface area is 122 Å². The predicted molar refractivity (Wildman–Crippen MR) is 79.1 cm³/mol. The molecule has 0 radical (unpaired) electrons. The lowest BCUT2D eigenvalue weighted by molar-refractivity contribution is 0.0934. The Kier molecular flexibility index (Phi) is 6.15. The Bertz CT molecular complexity index is 419. The van der Waals surface area contributed by atoms with Crippen LogP contribution in [0.1, 0.15) is 37.0 Å². The number of ether oxygens (including phenoxy) is 2. The Balaban J connectivity index is 3.03. The molecule has 0 aromatic heterocycles. The number of hydrogen-bond donors (Lipinski definition) is 1. The van der Waals surface area contributed by atoms with Crippen LogP contribution in [-0.2, 0) is 0 Å². The van der Waals surface area contributed by atoms with E-state index in [9.17, 15) is 4.79 Å². The first-order chi connectivity index (χ1) is 9.07. The van der Waals surface area contributed by atoms with Crippen molar-refractivity contribution >= 4 is 21.8 Å². The van der Waals surface area contributed by atoms with Crippen molar-refractivity contribution in [2.75, 3.05) is 14.2 Å². The molecule has 0 saturated heterocycles. The van der Waals surface area contributed by atoms with Gasteiger partial charge >= 0.3 is 0 Å². The first-order valence-electron chi connectivity index (χ1n) is 6.29. The lowest BCUT2D eigenvalue weighted by Gasteiger charge is -2.16. The molecule has 0 bridgehead atoms. The third-order valence-corrected chi connectivity index (χ3v) is 3.81. The van der Waals surface area contributed by atoms with Gasteiger partial charge in [-0.15, -0.1) is 0 Å². The smallest absolute Gasteiger partial charge is 0.251 e. The predicted octanol–water partition coefficient (Wildman–Crippen LogP) is 3.38. The number of halogens is 1. The zero-order valence-corrected chi connectivity index (χ0v) is 13.3. The summed E-state index contributed by atoms with van der Waals surface area (Å²) in [6, 6.07) is 3.59. The Morgan fingerprint density at radius 3 is 2.05 bits per heavy atom. The van der Waals surface area contributed by atoms with E-state index in [4.69, 9.17) is 9.47 Å². The van der Waals surface area contributed by atoms with Crippen LogP contribution in [0.15, 0.2) is 16.6 Å². The zero-order valence-electron chi connectivity index (χ0n) is 11.7. The van der Waals surface area contributed by atoms with E-state index in [0.29, 0.717) is 21.5 Å². The largest absolute Gasteiger partial charge is 0.495 e. The maximum absolute atomic E-state index is 12.2. The summed E-state index contributed by atoms with van der Waals surface area (Å²) in [5.41, 5.74) is 0.531. The number of carbonyl (C=O) groups is 1. The highest BCUT2D eigenvalue weighted by atomic mass is 79.9. The first kappa shape index (κ1) is 15.8. The fourth-order valence-electron chi connectivity index (χ4n) is 1.76. The zero-order chi connectivity index (χ0) is 14.4. The van der Waals surface area contributed by atoms with Crippen molar-refractivity contribution in [1.82, 2.24) is 5.32 Å². The molecule has 0 atom stereocenters. The highest BCUT2D eigenvalue weighted by Gasteiger charge is 2.16. The van der Waals surface area contributed by atoms with Crippen molar-refractivity contribution in [3.05, 3.63) is 22.2 Å². The minimum atomic E-state index is -0.113. The van der Waals surface area contributed by atoms with Gasteiger partial charge in [-0.2, -0.15) is 0 Å². The van der Waals surface area contributed by atoms with Gasteiger partial charge in [-0.3, -0.25) is 4.79 Å². The van der Waals surface area contributed by atoms with Gasteiger partial charge in [0, 0.05) is 11.6 Å². The van der Waals surface area contributed by atoms with Gasteiger partial charge in [-0.25, -0.2) is 0 Å². The maximum Gasteiger partial charge on any atom is 0.251 e. The number of benzene rings is 1. The second-order valence-corrected chi connectivity index (χ2v) is 4.97. The molecular formula is C14H20BrNO3. The summed E-state index contributed by atoms with van der Waals surface area (Å²) in [5, 5.41) is 2.99. The van der Waals surface area contributed by atoms with Crippen molar-refractivity contribution in [2.24, 2.45) is 0 Å². The van der Waals surface area contributed by atoms with E-state index in [1.54, 1.807) is 26.4 Å². The standard InChI is InChI=1S/C14H20BrNO3/c1-5-10(6-2)16-14(17)9-7-11(18-3)13(15)12(8-9)19-4/h7-8,10H,5-6H2,1-4H3,(H,16,17). The van der Waals surface area contributed by atoms with Gasteiger partial charge in [-0.05, 0) is 40.9 Å². The topological polar surface area (TPSA) is 47.6 Å². The summed E-state index contributed by atoms with van der Waals surface area (Å²) < 4.78 is 11.2. The Hall–Kier alpha value is -1.23. The fourth-order valence-corrected chi connectivity index (χ4v) is 2.31. The fraction of sp³-hybridized carbons (Fsp3) is 0.500. The lowest BCUT2D eigenvalue weighted by Crippen LogP contribution is -2.33. The van der Waals surface area contributed by atoms with Crippen LogP contribution < -0.4 is 14.8 Å². The SMILES string of the molecule is CCC(CC)NC(=O)c1cc(OC)c(Br)c(OC)c1. The summed E-state index contributed by atoms with van der Waals surface area (Å²) in [6.45, 7) is 4.11. The van der Waals surface area contributed by atoms with Crippen molar-refractivity contribution < 1.29 is 14.3 Å². The van der Waals surface area contributed by atoms with Crippen LogP contribution in [0.4, 0.5) is 0 Å². The summed E-state index contributed by atoms with van der Waals surface area (Å²) in [4.78, 5) is 12.2. The van der Waals surface area contributed by atoms with Gasteiger partial charge in [-0.1, -0.05) is 13.8 Å². The molecule has 1 rings (SSSR count). The van der Waals surface area contributed by atoms with Crippen LogP contribution in [0.2, 0.25) is 0 Å². The van der Waals surface area contributed by atoms with Crippen LogP contribution in [0, 0.1) is 0 Å². The molecular weight excluding hydrogens is 310 g/mol. The number of hydrogen-bond acceptors (Lipinski definition) is 3. The third kappa shape index (κ3) is 3.86.